The van der Waals surface area contributed by atoms with Crippen molar-refractivity contribution in [2.45, 2.75) is 297 Å². The van der Waals surface area contributed by atoms with E-state index >= 15 is 0 Å². The number of aliphatic hydroxyl groups is 3. The molecule has 29 heteroatoms. The van der Waals surface area contributed by atoms with E-state index in [2.05, 4.69) is 131 Å². The average molecular weight is 1750 g/mol. The Kier molecular flexibility index (Phi) is 39.6. The van der Waals surface area contributed by atoms with Crippen molar-refractivity contribution < 1.29 is 137 Å². The summed E-state index contributed by atoms with van der Waals surface area (Å²) in [6, 6.07) is 59.9. The van der Waals surface area contributed by atoms with E-state index in [1.807, 2.05) is 28.0 Å². The number of carboxylic acids is 1. The van der Waals surface area contributed by atoms with Crippen LogP contribution >= 0.6 is 0 Å². The fourth-order valence-electron chi connectivity index (χ4n) is 15.5. The van der Waals surface area contributed by atoms with Gasteiger partial charge in [-0.15, -0.1) is 0 Å². The standard InChI is InChI=1S/2C25H28F3NO2.C15H21N.C12H14O.C10H9F3O3.C4H6O4.C3H7N.C2H3BO2.Na/c2*1-24(31,25(26,27)28)20-11-7-19(8-12-20)23(30)29(22-15-16-22)21-13-9-18(10-14-21)17-5-3-2-4-6-17;1-2-4-12(5-3-1)13-6-8-14(9-7-13)16-15-10-11-15;13-12-8-6-11(7-9-12)10-4-2-1-3-5-10;1-9(16,10(11,12)13)7-4-2-6(3-5-7)8(14)15;1-3(5)7-8-4(2)6;4-3-1-2-3;1-2(4)5-3;/h2*2-8,11-12,18,21-22,31H,9-10,13-16H2,1H3;1-5,13-16H,6-11H2;1-5,11H,6-9H2;2-5,16H,1H3,(H,14,15);1-2H3;3H,1-2,4H2;1H3;/q;;;;;;;-1;+1/t2*18?,21?,24-;;;9-;;;;/m00..0..../s1. The molecule has 2 amide bonds. The molecule has 8 aliphatic carbocycles. The maximum atomic E-state index is 13.3. The molecule has 7 aromatic carbocycles. The predicted molar refractivity (Wildman–Crippen MR) is 453 cm³/mol. The van der Waals surface area contributed by atoms with Crippen LogP contribution in [-0.2, 0) is 50.4 Å². The van der Waals surface area contributed by atoms with Gasteiger partial charge in [-0.25, -0.2) is 24.2 Å². The Labute approximate surface area is 750 Å². The second-order valence-electron chi connectivity index (χ2n) is 33.7. The second kappa shape index (κ2) is 47.9. The third-order valence-electron chi connectivity index (χ3n) is 23.7. The van der Waals surface area contributed by atoms with Crippen molar-refractivity contribution in [2.75, 3.05) is 0 Å². The summed E-state index contributed by atoms with van der Waals surface area (Å²) in [5.74, 6) is -0.323. The van der Waals surface area contributed by atoms with Crippen molar-refractivity contribution >= 4 is 49.5 Å². The molecule has 8 aliphatic rings. The van der Waals surface area contributed by atoms with Crippen LogP contribution in [0.4, 0.5) is 39.5 Å². The Morgan fingerprint density at radius 2 is 0.592 bits per heavy atom. The van der Waals surface area contributed by atoms with Crippen LogP contribution in [0.25, 0.3) is 0 Å². The molecule has 0 heterocycles. The minimum atomic E-state index is -4.81. The minimum absolute atomic E-state index is 0. The normalized spacial score (nSPS) is 21.2. The van der Waals surface area contributed by atoms with Gasteiger partial charge >= 0.3 is 66.0 Å². The van der Waals surface area contributed by atoms with E-state index in [0.29, 0.717) is 47.6 Å². The molecule has 15 rings (SSSR count). The van der Waals surface area contributed by atoms with Gasteiger partial charge in [0, 0.05) is 87.0 Å². The number of carboxylic acid groups (broad SMARTS) is 1. The van der Waals surface area contributed by atoms with E-state index in [4.69, 9.17) is 10.8 Å². The molecule has 8 saturated carbocycles. The van der Waals surface area contributed by atoms with E-state index in [-0.39, 0.29) is 82.2 Å². The number of benzene rings is 7. The Balaban J connectivity index is 0.000000211. The third-order valence-corrected chi connectivity index (χ3v) is 23.7. The topological polar surface area (TPSA) is 273 Å². The second-order valence-corrected chi connectivity index (χ2v) is 33.7. The number of nitrogens with zero attached hydrogens (tertiary/aromatic N) is 2. The van der Waals surface area contributed by atoms with Gasteiger partial charge in [-0.05, 0) is 261 Å². The first-order valence-corrected chi connectivity index (χ1v) is 42.6. The fourth-order valence-corrected chi connectivity index (χ4v) is 15.5. The number of ketones is 1. The maximum absolute atomic E-state index is 13.3. The van der Waals surface area contributed by atoms with E-state index in [1.165, 1.54) is 124 Å². The van der Waals surface area contributed by atoms with Crippen LogP contribution in [0.5, 0.6) is 0 Å². The molecule has 8 fully saturated rings. The van der Waals surface area contributed by atoms with Gasteiger partial charge < -0.3 is 54.0 Å². The van der Waals surface area contributed by atoms with Crippen molar-refractivity contribution in [3.63, 3.8) is 0 Å². The van der Waals surface area contributed by atoms with Crippen LogP contribution in [0, 0.1) is 0 Å². The van der Waals surface area contributed by atoms with Crippen molar-refractivity contribution in [1.82, 2.24) is 15.1 Å². The predicted octanol–water partition coefficient (Wildman–Crippen LogP) is 16.9. The number of nitrogens with one attached hydrogen (secondary N) is 1. The molecule has 3 atom stereocenters. The zero-order chi connectivity index (χ0) is 90.7. The minimum Gasteiger partial charge on any atom is -0.793 e. The number of carbonyl (C=O) groups is 7. The van der Waals surface area contributed by atoms with Crippen molar-refractivity contribution in [1.29, 1.82) is 0 Å². The van der Waals surface area contributed by atoms with Gasteiger partial charge in [0.15, 0.2) is 16.8 Å². The zero-order valence-electron chi connectivity index (χ0n) is 72.1. The summed E-state index contributed by atoms with van der Waals surface area (Å²) in [6.07, 6.45) is 11.9. The number of alkyl halides is 9. The van der Waals surface area contributed by atoms with Gasteiger partial charge in [-0.1, -0.05) is 158 Å². The largest absolute Gasteiger partial charge is 1.00 e. The summed E-state index contributed by atoms with van der Waals surface area (Å²) in [4.78, 5) is 88.8. The summed E-state index contributed by atoms with van der Waals surface area (Å²) in [7, 11) is 4.32. The number of amides is 2. The Bertz CT molecular complexity index is 4300. The molecule has 0 spiro atoms. The molecule has 671 valence electrons. The molecule has 0 saturated heterocycles. The number of hydrogen-bond donors (Lipinski definition) is 6. The molecule has 3 radical (unpaired) electrons. The molecule has 0 aromatic heterocycles. The van der Waals surface area contributed by atoms with E-state index in [1.54, 1.807) is 5.56 Å². The van der Waals surface area contributed by atoms with Crippen molar-refractivity contribution in [3.05, 3.63) is 250 Å². The Morgan fingerprint density at radius 1 is 0.368 bits per heavy atom. The number of Topliss-reactive ketones (excluding diaryl/α,β-unsaturated/α-hetero) is 1. The van der Waals surface area contributed by atoms with E-state index < -0.39 is 64.8 Å². The van der Waals surface area contributed by atoms with Crippen LogP contribution in [-0.4, -0.2) is 141 Å². The Hall–Kier alpha value is -8.74. The van der Waals surface area contributed by atoms with Crippen molar-refractivity contribution in [3.8, 4) is 0 Å². The molecular weight excluding hydrogens is 1640 g/mol. The molecule has 7 aromatic rings. The SMILES string of the molecule is CC(=O)OOC(C)=O.C[C@](O)(c1ccc(C(=O)N(C2CCC(c3ccccc3)CC2)C2CC2)cc1)C(F)(F)F.C[C@](O)(c1ccc(C(=O)N(C2CCC(c3ccccc3)CC2)C2CC2)cc1)C(F)(F)F.C[C@](O)(c1ccc(C(=O)O)cc1)C(F)(F)F.NC1CC1.O=C1CCC(c2ccccc2)CC1.[B-]OC(C)=O.[Na+].c1ccc(C2CCC(NC3CC3)CC2)cc1. The molecule has 7 N–H and O–H groups in total. The molecule has 125 heavy (non-hydrogen) atoms. The summed E-state index contributed by atoms with van der Waals surface area (Å²) in [5.41, 5.74) is 1.67. The molecule has 0 unspecified atom stereocenters. The van der Waals surface area contributed by atoms with Crippen LogP contribution in [0.15, 0.2) is 194 Å². The quantitative estimate of drug-likeness (QED) is 0.0227. The van der Waals surface area contributed by atoms with Crippen LogP contribution in [0.3, 0.4) is 0 Å². The summed E-state index contributed by atoms with van der Waals surface area (Å²) < 4.78 is 119. The van der Waals surface area contributed by atoms with Gasteiger partial charge in [0.25, 0.3) is 11.8 Å². The first-order valence-electron chi connectivity index (χ1n) is 42.6. The summed E-state index contributed by atoms with van der Waals surface area (Å²) in [5, 5.41) is 41.3. The monoisotopic (exact) mass is 1750 g/mol. The molecule has 0 aliphatic heterocycles. The summed E-state index contributed by atoms with van der Waals surface area (Å²) in [6.45, 7) is 5.59. The maximum Gasteiger partial charge on any atom is 1.00 e. The van der Waals surface area contributed by atoms with Crippen LogP contribution in [0.1, 0.15) is 289 Å². The number of aromatic carboxylic acids is 1. The van der Waals surface area contributed by atoms with E-state index in [9.17, 15) is 88.4 Å². The smallest absolute Gasteiger partial charge is 0.793 e. The Morgan fingerprint density at radius 3 is 0.800 bits per heavy atom. The number of halogens is 9. The van der Waals surface area contributed by atoms with Gasteiger partial charge in [0.2, 0.25) is 5.97 Å². The number of rotatable bonds is 16. The zero-order valence-corrected chi connectivity index (χ0v) is 74.1. The molecule has 18 nitrogen and oxygen atoms in total. The van der Waals surface area contributed by atoms with Crippen LogP contribution in [0.2, 0.25) is 0 Å². The van der Waals surface area contributed by atoms with Gasteiger partial charge in [-0.2, -0.15) is 39.5 Å². The van der Waals surface area contributed by atoms with Crippen molar-refractivity contribution in [2.24, 2.45) is 5.73 Å². The number of carbonyl (C=O) groups excluding carboxylic acids is 6. The van der Waals surface area contributed by atoms with E-state index in [0.717, 1.165) is 173 Å². The average Bonchev–Trinajstić information content (AvgIpc) is 1.75. The van der Waals surface area contributed by atoms with Gasteiger partial charge in [-0.3, -0.25) is 19.2 Å². The van der Waals surface area contributed by atoms with Crippen LogP contribution < -0.4 is 40.6 Å². The summed E-state index contributed by atoms with van der Waals surface area (Å²) >= 11 is 0. The fraction of sp³-hybridized carbons (Fsp3) is 0.490. The molecule has 0 bridgehead atoms. The number of hydrogen-bond acceptors (Lipinski definition) is 15. The van der Waals surface area contributed by atoms with Gasteiger partial charge in [0.05, 0.1) is 5.56 Å². The molecular formula is C96H116BF9N4NaO14. The first kappa shape index (κ1) is 103. The first-order chi connectivity index (χ1) is 58.6. The third kappa shape index (κ3) is 32.5. The van der Waals surface area contributed by atoms with Gasteiger partial charge in [0.1, 0.15) is 5.78 Å². The number of nitrogens with two attached hydrogens (primary N) is 1.